The summed E-state index contributed by atoms with van der Waals surface area (Å²) < 4.78 is 18.4. The summed E-state index contributed by atoms with van der Waals surface area (Å²) in [5.41, 5.74) is 2.17. The van der Waals surface area contributed by atoms with Gasteiger partial charge in [-0.3, -0.25) is 0 Å². The molecule has 3 heteroatoms. The summed E-state index contributed by atoms with van der Waals surface area (Å²) >= 11 is 0. The van der Waals surface area contributed by atoms with Gasteiger partial charge < -0.3 is 10.1 Å². The highest BCUT2D eigenvalue weighted by molar-refractivity contribution is 5.26. The van der Waals surface area contributed by atoms with Crippen molar-refractivity contribution in [3.8, 4) is 0 Å². The molecule has 0 saturated heterocycles. The van der Waals surface area contributed by atoms with E-state index in [4.69, 9.17) is 4.74 Å². The van der Waals surface area contributed by atoms with E-state index in [9.17, 15) is 4.39 Å². The predicted molar refractivity (Wildman–Crippen MR) is 73.2 cm³/mol. The van der Waals surface area contributed by atoms with Crippen LogP contribution in [-0.4, -0.2) is 19.3 Å². The van der Waals surface area contributed by atoms with E-state index in [-0.39, 0.29) is 5.82 Å². The second-order valence-corrected chi connectivity index (χ2v) is 4.87. The normalized spacial score (nSPS) is 11.2. The van der Waals surface area contributed by atoms with Crippen LogP contribution in [0.4, 0.5) is 4.39 Å². The Morgan fingerprint density at radius 3 is 2.72 bits per heavy atom. The zero-order valence-corrected chi connectivity index (χ0v) is 11.6. The quantitative estimate of drug-likeness (QED) is 0.717. The number of aryl methyl sites for hydroxylation is 1. The molecule has 0 bridgehead atoms. The SMILES string of the molecule is Cc1cc(F)ccc1CNCCCCOC(C)C. The predicted octanol–water partition coefficient (Wildman–Crippen LogP) is 3.43. The summed E-state index contributed by atoms with van der Waals surface area (Å²) in [6.07, 6.45) is 2.50. The summed E-state index contributed by atoms with van der Waals surface area (Å²) in [5, 5.41) is 3.37. The molecule has 0 saturated carbocycles. The summed E-state index contributed by atoms with van der Waals surface area (Å²) in [6, 6.07) is 4.94. The Labute approximate surface area is 110 Å². The molecule has 0 aliphatic carbocycles. The second-order valence-electron chi connectivity index (χ2n) is 4.87. The highest BCUT2D eigenvalue weighted by atomic mass is 19.1. The summed E-state index contributed by atoms with van der Waals surface area (Å²) in [5.74, 6) is -0.165. The van der Waals surface area contributed by atoms with Crippen LogP contribution < -0.4 is 5.32 Å². The molecule has 1 aromatic carbocycles. The smallest absolute Gasteiger partial charge is 0.123 e. The molecule has 0 spiro atoms. The van der Waals surface area contributed by atoms with E-state index in [0.29, 0.717) is 6.10 Å². The monoisotopic (exact) mass is 253 g/mol. The largest absolute Gasteiger partial charge is 0.379 e. The summed E-state index contributed by atoms with van der Waals surface area (Å²) in [6.45, 7) is 8.64. The van der Waals surface area contributed by atoms with Crippen molar-refractivity contribution in [3.63, 3.8) is 0 Å². The third-order valence-corrected chi connectivity index (χ3v) is 2.82. The zero-order valence-electron chi connectivity index (χ0n) is 11.6. The highest BCUT2D eigenvalue weighted by Gasteiger charge is 1.99. The van der Waals surface area contributed by atoms with Crippen molar-refractivity contribution in [2.75, 3.05) is 13.2 Å². The van der Waals surface area contributed by atoms with Crippen LogP contribution in [-0.2, 0) is 11.3 Å². The molecular weight excluding hydrogens is 229 g/mol. The van der Waals surface area contributed by atoms with Gasteiger partial charge in [0.1, 0.15) is 5.82 Å². The second kappa shape index (κ2) is 8.22. The van der Waals surface area contributed by atoms with Gasteiger partial charge in [-0.1, -0.05) is 6.07 Å². The maximum absolute atomic E-state index is 12.9. The first-order chi connectivity index (χ1) is 8.59. The van der Waals surface area contributed by atoms with Gasteiger partial charge >= 0.3 is 0 Å². The molecular formula is C15H24FNO. The van der Waals surface area contributed by atoms with Gasteiger partial charge in [0.25, 0.3) is 0 Å². The van der Waals surface area contributed by atoms with Gasteiger partial charge in [-0.15, -0.1) is 0 Å². The Bertz CT molecular complexity index is 352. The number of hydrogen-bond acceptors (Lipinski definition) is 2. The van der Waals surface area contributed by atoms with Crippen molar-refractivity contribution in [2.45, 2.75) is 46.3 Å². The van der Waals surface area contributed by atoms with Crippen LogP contribution in [0.5, 0.6) is 0 Å². The molecule has 0 atom stereocenters. The molecule has 1 N–H and O–H groups in total. The van der Waals surface area contributed by atoms with Gasteiger partial charge in [0.05, 0.1) is 6.10 Å². The standard InChI is InChI=1S/C15H24FNO/c1-12(2)18-9-5-4-8-17-11-14-6-7-15(16)10-13(14)3/h6-7,10,12,17H,4-5,8-9,11H2,1-3H3. The van der Waals surface area contributed by atoms with Crippen LogP contribution in [0.25, 0.3) is 0 Å². The molecule has 0 aromatic heterocycles. The molecule has 0 radical (unpaired) electrons. The molecule has 18 heavy (non-hydrogen) atoms. The molecule has 2 nitrogen and oxygen atoms in total. The lowest BCUT2D eigenvalue weighted by atomic mass is 10.1. The first-order valence-electron chi connectivity index (χ1n) is 6.67. The van der Waals surface area contributed by atoms with Gasteiger partial charge in [-0.25, -0.2) is 4.39 Å². The van der Waals surface area contributed by atoms with Crippen molar-refractivity contribution >= 4 is 0 Å². The molecule has 1 aromatic rings. The minimum atomic E-state index is -0.165. The van der Waals surface area contributed by atoms with E-state index >= 15 is 0 Å². The van der Waals surface area contributed by atoms with Gasteiger partial charge in [0.15, 0.2) is 0 Å². The number of rotatable bonds is 8. The fraction of sp³-hybridized carbons (Fsp3) is 0.600. The molecule has 1 rings (SSSR count). The van der Waals surface area contributed by atoms with Crippen molar-refractivity contribution in [1.29, 1.82) is 0 Å². The van der Waals surface area contributed by atoms with Crippen LogP contribution in [0, 0.1) is 12.7 Å². The number of nitrogens with one attached hydrogen (secondary N) is 1. The van der Waals surface area contributed by atoms with Crippen molar-refractivity contribution in [1.82, 2.24) is 5.32 Å². The maximum Gasteiger partial charge on any atom is 0.123 e. The third-order valence-electron chi connectivity index (χ3n) is 2.82. The topological polar surface area (TPSA) is 21.3 Å². The number of halogens is 1. The molecule has 0 amide bonds. The average Bonchev–Trinajstić information content (AvgIpc) is 2.30. The average molecular weight is 253 g/mol. The van der Waals surface area contributed by atoms with E-state index in [1.54, 1.807) is 6.07 Å². The lowest BCUT2D eigenvalue weighted by molar-refractivity contribution is 0.0760. The lowest BCUT2D eigenvalue weighted by Crippen LogP contribution is -2.16. The Kier molecular flexibility index (Phi) is 6.91. The first-order valence-corrected chi connectivity index (χ1v) is 6.67. The fourth-order valence-corrected chi connectivity index (χ4v) is 1.75. The maximum atomic E-state index is 12.9. The van der Waals surface area contributed by atoms with E-state index in [0.717, 1.165) is 43.7 Å². The lowest BCUT2D eigenvalue weighted by Gasteiger charge is -2.09. The van der Waals surface area contributed by atoms with Crippen LogP contribution in [0.1, 0.15) is 37.8 Å². The van der Waals surface area contributed by atoms with Gasteiger partial charge in [0, 0.05) is 13.2 Å². The number of hydrogen-bond donors (Lipinski definition) is 1. The molecule has 0 aliphatic heterocycles. The highest BCUT2D eigenvalue weighted by Crippen LogP contribution is 2.09. The van der Waals surface area contributed by atoms with Crippen molar-refractivity contribution in [3.05, 3.63) is 35.1 Å². The fourth-order valence-electron chi connectivity index (χ4n) is 1.75. The summed E-state index contributed by atoms with van der Waals surface area (Å²) in [7, 11) is 0. The number of benzene rings is 1. The summed E-state index contributed by atoms with van der Waals surface area (Å²) in [4.78, 5) is 0. The molecule has 0 fully saturated rings. The minimum absolute atomic E-state index is 0.165. The third kappa shape index (κ3) is 6.12. The molecule has 102 valence electrons. The van der Waals surface area contributed by atoms with Crippen molar-refractivity contribution in [2.24, 2.45) is 0 Å². The Morgan fingerprint density at radius 2 is 2.06 bits per heavy atom. The Balaban J connectivity index is 2.11. The van der Waals surface area contributed by atoms with E-state index in [1.165, 1.54) is 6.07 Å². The van der Waals surface area contributed by atoms with E-state index in [2.05, 4.69) is 19.2 Å². The Hall–Kier alpha value is -0.930. The zero-order chi connectivity index (χ0) is 13.4. The number of unbranched alkanes of at least 4 members (excludes halogenated alkanes) is 1. The van der Waals surface area contributed by atoms with Gasteiger partial charge in [-0.2, -0.15) is 0 Å². The van der Waals surface area contributed by atoms with Gasteiger partial charge in [0.2, 0.25) is 0 Å². The number of ether oxygens (including phenoxy) is 1. The van der Waals surface area contributed by atoms with Gasteiger partial charge in [-0.05, 0) is 63.4 Å². The van der Waals surface area contributed by atoms with Crippen LogP contribution in [0.15, 0.2) is 18.2 Å². The van der Waals surface area contributed by atoms with E-state index in [1.807, 2.05) is 13.0 Å². The van der Waals surface area contributed by atoms with E-state index < -0.39 is 0 Å². The van der Waals surface area contributed by atoms with Crippen LogP contribution >= 0.6 is 0 Å². The van der Waals surface area contributed by atoms with Crippen LogP contribution in [0.2, 0.25) is 0 Å². The first kappa shape index (κ1) is 15.1. The Morgan fingerprint density at radius 1 is 1.28 bits per heavy atom. The molecule has 0 heterocycles. The van der Waals surface area contributed by atoms with Crippen molar-refractivity contribution < 1.29 is 9.13 Å². The minimum Gasteiger partial charge on any atom is -0.379 e. The molecule has 0 unspecified atom stereocenters. The molecule has 0 aliphatic rings. The van der Waals surface area contributed by atoms with Crippen LogP contribution in [0.3, 0.4) is 0 Å².